The molecule has 28 heavy (non-hydrogen) atoms. The molecule has 1 amide bonds. The molecular weight excluding hydrogens is 437 g/mol. The van der Waals surface area contributed by atoms with Crippen molar-refractivity contribution in [2.75, 3.05) is 26.2 Å². The summed E-state index contributed by atoms with van der Waals surface area (Å²) in [6.07, 6.45) is 5.52. The lowest BCUT2D eigenvalue weighted by atomic mass is 9.91. The third-order valence-corrected chi connectivity index (χ3v) is 8.04. The first-order valence-electron chi connectivity index (χ1n) is 9.70. The smallest absolute Gasteiger partial charge is 0.226 e. The first-order valence-corrected chi connectivity index (χ1v) is 10.9. The van der Waals surface area contributed by atoms with Crippen molar-refractivity contribution in [1.82, 2.24) is 15.2 Å². The van der Waals surface area contributed by atoms with E-state index in [0.717, 1.165) is 56.0 Å². The maximum atomic E-state index is 12.9. The summed E-state index contributed by atoms with van der Waals surface area (Å²) in [6.45, 7) is 3.91. The average Bonchev–Trinajstić information content (AvgIpc) is 3.18. The summed E-state index contributed by atoms with van der Waals surface area (Å²) in [5.41, 5.74) is 1.34. The number of fused-ring (bicyclic) bond motifs is 1. The van der Waals surface area contributed by atoms with Crippen molar-refractivity contribution in [2.45, 2.75) is 38.0 Å². The van der Waals surface area contributed by atoms with Crippen LogP contribution >= 0.6 is 47.8 Å². The summed E-state index contributed by atoms with van der Waals surface area (Å²) in [7, 11) is 0. The van der Waals surface area contributed by atoms with Gasteiger partial charge >= 0.3 is 0 Å². The number of carbonyl (C=O) groups excluding carboxylic acids is 1. The number of carbonyl (C=O) groups is 1. The summed E-state index contributed by atoms with van der Waals surface area (Å²) in [6, 6.07) is 5.93. The lowest BCUT2D eigenvalue weighted by Gasteiger charge is -2.32. The number of likely N-dealkylation sites (tertiary alicyclic amines) is 1. The largest absolute Gasteiger partial charge is 0.342 e. The molecule has 1 spiro atoms. The number of hydrogen-bond donors (Lipinski definition) is 1. The number of aromatic nitrogens is 1. The van der Waals surface area contributed by atoms with E-state index in [1.54, 1.807) is 11.3 Å². The highest BCUT2D eigenvalue weighted by molar-refractivity contribution is 7.18. The molecule has 2 aromatic rings. The van der Waals surface area contributed by atoms with Crippen LogP contribution in [0.4, 0.5) is 0 Å². The van der Waals surface area contributed by atoms with Gasteiger partial charge in [0.2, 0.25) is 5.91 Å². The molecule has 8 heteroatoms. The summed E-state index contributed by atoms with van der Waals surface area (Å²) < 4.78 is 1.20. The Morgan fingerprint density at radius 2 is 1.93 bits per heavy atom. The van der Waals surface area contributed by atoms with Crippen LogP contribution in [-0.4, -0.2) is 42.0 Å². The third kappa shape index (κ3) is 4.01. The Labute approximate surface area is 187 Å². The van der Waals surface area contributed by atoms with E-state index in [0.29, 0.717) is 23.2 Å². The van der Waals surface area contributed by atoms with Gasteiger partial charge in [0.25, 0.3) is 0 Å². The predicted octanol–water partition coefficient (Wildman–Crippen LogP) is 4.89. The van der Waals surface area contributed by atoms with Crippen molar-refractivity contribution >= 4 is 63.9 Å². The summed E-state index contributed by atoms with van der Waals surface area (Å²) in [5.74, 6) is 1.19. The Kier molecular flexibility index (Phi) is 6.83. The van der Waals surface area contributed by atoms with Gasteiger partial charge in [0.05, 0.1) is 15.2 Å². The topological polar surface area (TPSA) is 45.2 Å². The van der Waals surface area contributed by atoms with Gasteiger partial charge in [0.1, 0.15) is 0 Å². The predicted molar refractivity (Wildman–Crippen MR) is 120 cm³/mol. The van der Waals surface area contributed by atoms with Gasteiger partial charge in [-0.3, -0.25) is 4.79 Å². The molecule has 1 aliphatic carbocycles. The lowest BCUT2D eigenvalue weighted by Crippen LogP contribution is -2.40. The second-order valence-corrected chi connectivity index (χ2v) is 9.63. The Bertz CT molecular complexity index is 844. The van der Waals surface area contributed by atoms with Crippen LogP contribution in [0.5, 0.6) is 0 Å². The fraction of sp³-hybridized carbons (Fsp3) is 0.600. The zero-order valence-corrected chi connectivity index (χ0v) is 18.9. The van der Waals surface area contributed by atoms with Crippen molar-refractivity contribution in [3.05, 3.63) is 28.2 Å². The molecule has 2 saturated heterocycles. The molecule has 3 aliphatic rings. The van der Waals surface area contributed by atoms with E-state index >= 15 is 0 Å². The van der Waals surface area contributed by atoms with Gasteiger partial charge in [0, 0.05) is 29.9 Å². The molecule has 1 N–H and O–H groups in total. The van der Waals surface area contributed by atoms with Crippen LogP contribution in [0.2, 0.25) is 5.02 Å². The van der Waals surface area contributed by atoms with Gasteiger partial charge in [-0.25, -0.2) is 4.98 Å². The SMILES string of the molecule is Cl.Cl.O=C(C1CC12CCNCC2)N1CCC(c2nc3cc(Cl)ccc3s2)CC1. The van der Waals surface area contributed by atoms with Crippen LogP contribution in [0.1, 0.15) is 43.0 Å². The number of halogens is 3. The van der Waals surface area contributed by atoms with E-state index in [2.05, 4.69) is 16.3 Å². The molecular formula is C20H26Cl3N3OS. The maximum absolute atomic E-state index is 12.9. The van der Waals surface area contributed by atoms with Crippen LogP contribution < -0.4 is 5.32 Å². The van der Waals surface area contributed by atoms with Crippen LogP contribution in [0.3, 0.4) is 0 Å². The molecule has 1 atom stereocenters. The van der Waals surface area contributed by atoms with Crippen molar-refractivity contribution in [3.63, 3.8) is 0 Å². The highest BCUT2D eigenvalue weighted by atomic mass is 35.5. The number of rotatable bonds is 2. The Morgan fingerprint density at radius 3 is 2.64 bits per heavy atom. The number of benzene rings is 1. The maximum Gasteiger partial charge on any atom is 0.226 e. The van der Waals surface area contributed by atoms with Gasteiger partial charge in [-0.2, -0.15) is 0 Å². The highest BCUT2D eigenvalue weighted by Crippen LogP contribution is 2.59. The quantitative estimate of drug-likeness (QED) is 0.691. The van der Waals surface area contributed by atoms with Gasteiger partial charge < -0.3 is 10.2 Å². The number of hydrogen-bond acceptors (Lipinski definition) is 4. The van der Waals surface area contributed by atoms with Crippen molar-refractivity contribution in [1.29, 1.82) is 0 Å². The fourth-order valence-corrected chi connectivity index (χ4v) is 6.12. The minimum Gasteiger partial charge on any atom is -0.342 e. The molecule has 1 saturated carbocycles. The molecule has 154 valence electrons. The number of amides is 1. The molecule has 5 rings (SSSR count). The van der Waals surface area contributed by atoms with Gasteiger partial charge in [-0.1, -0.05) is 11.6 Å². The van der Waals surface area contributed by atoms with Crippen LogP contribution in [-0.2, 0) is 4.79 Å². The van der Waals surface area contributed by atoms with Gasteiger partial charge in [-0.05, 0) is 68.8 Å². The van der Waals surface area contributed by atoms with E-state index in [9.17, 15) is 4.79 Å². The number of nitrogens with zero attached hydrogens (tertiary/aromatic N) is 2. The van der Waals surface area contributed by atoms with E-state index in [-0.39, 0.29) is 24.8 Å². The first kappa shape index (κ1) is 22.1. The Morgan fingerprint density at radius 1 is 1.21 bits per heavy atom. The van der Waals surface area contributed by atoms with Crippen molar-refractivity contribution in [3.8, 4) is 0 Å². The molecule has 1 unspecified atom stereocenters. The highest BCUT2D eigenvalue weighted by Gasteiger charge is 2.58. The Hall–Kier alpha value is -0.590. The van der Waals surface area contributed by atoms with E-state index in [1.165, 1.54) is 22.5 Å². The van der Waals surface area contributed by atoms with Crippen molar-refractivity contribution < 1.29 is 4.79 Å². The lowest BCUT2D eigenvalue weighted by molar-refractivity contribution is -0.134. The summed E-state index contributed by atoms with van der Waals surface area (Å²) in [4.78, 5) is 19.9. The zero-order chi connectivity index (χ0) is 17.7. The Balaban J connectivity index is 0.00000112. The van der Waals surface area contributed by atoms with Crippen molar-refractivity contribution in [2.24, 2.45) is 11.3 Å². The number of nitrogens with one attached hydrogen (secondary N) is 1. The molecule has 1 aromatic heterocycles. The third-order valence-electron chi connectivity index (χ3n) is 6.61. The second-order valence-electron chi connectivity index (χ2n) is 8.13. The van der Waals surface area contributed by atoms with Crippen LogP contribution in [0.15, 0.2) is 18.2 Å². The number of thiazole rings is 1. The normalized spacial score (nSPS) is 23.9. The first-order chi connectivity index (χ1) is 12.6. The summed E-state index contributed by atoms with van der Waals surface area (Å²) in [5, 5.41) is 5.36. The molecule has 3 heterocycles. The molecule has 4 nitrogen and oxygen atoms in total. The van der Waals surface area contributed by atoms with Gasteiger partial charge in [-0.15, -0.1) is 36.2 Å². The van der Waals surface area contributed by atoms with Gasteiger partial charge in [0.15, 0.2) is 0 Å². The zero-order valence-electron chi connectivity index (χ0n) is 15.7. The second kappa shape index (κ2) is 8.65. The molecule has 1 aromatic carbocycles. The molecule has 2 aliphatic heterocycles. The minimum atomic E-state index is 0. The fourth-order valence-electron chi connectivity index (χ4n) is 4.83. The summed E-state index contributed by atoms with van der Waals surface area (Å²) >= 11 is 7.86. The van der Waals surface area contributed by atoms with Crippen LogP contribution in [0, 0.1) is 11.3 Å². The standard InChI is InChI=1S/C20H24ClN3OS.2ClH/c21-14-1-2-17-16(11-14)23-18(26-17)13-3-9-24(10-4-13)19(25)15-12-20(15)5-7-22-8-6-20;;/h1-2,11,13,15,22H,3-10,12H2;2*1H. The van der Waals surface area contributed by atoms with E-state index in [4.69, 9.17) is 16.6 Å². The van der Waals surface area contributed by atoms with E-state index < -0.39 is 0 Å². The molecule has 0 bridgehead atoms. The van der Waals surface area contributed by atoms with E-state index in [1.807, 2.05) is 12.1 Å². The molecule has 3 fully saturated rings. The molecule has 0 radical (unpaired) electrons. The number of piperidine rings is 2. The minimum absolute atomic E-state index is 0. The van der Waals surface area contributed by atoms with Crippen LogP contribution in [0.25, 0.3) is 10.2 Å². The average molecular weight is 463 g/mol. The monoisotopic (exact) mass is 461 g/mol.